The fourth-order valence-electron chi connectivity index (χ4n) is 3.03. The number of amides is 2. The maximum Gasteiger partial charge on any atom is 0.238 e. The zero-order valence-electron chi connectivity index (χ0n) is 15.5. The van der Waals surface area contributed by atoms with Crippen LogP contribution in [0.1, 0.15) is 25.5 Å². The average molecular weight is 361 g/mol. The van der Waals surface area contributed by atoms with Crippen molar-refractivity contribution >= 4 is 34.0 Å². The van der Waals surface area contributed by atoms with Crippen molar-refractivity contribution in [1.29, 1.82) is 0 Å². The molecule has 0 unspecified atom stereocenters. The van der Waals surface area contributed by atoms with Crippen LogP contribution < -0.4 is 16.0 Å². The molecule has 5 heteroatoms. The highest BCUT2D eigenvalue weighted by Crippen LogP contribution is 2.23. The predicted octanol–water partition coefficient (Wildman–Crippen LogP) is 4.09. The molecule has 0 radical (unpaired) electrons. The van der Waals surface area contributed by atoms with Crippen LogP contribution in [0, 0.1) is 0 Å². The van der Waals surface area contributed by atoms with E-state index in [1.807, 2.05) is 18.2 Å². The first kappa shape index (κ1) is 18.6. The van der Waals surface area contributed by atoms with E-state index in [4.69, 9.17) is 0 Å². The van der Waals surface area contributed by atoms with E-state index < -0.39 is 0 Å². The molecule has 0 aliphatic heterocycles. The van der Waals surface area contributed by atoms with Gasteiger partial charge in [-0.25, -0.2) is 0 Å². The number of hydrogen-bond acceptors (Lipinski definition) is 3. The van der Waals surface area contributed by atoms with Crippen LogP contribution in [-0.2, 0) is 9.59 Å². The van der Waals surface area contributed by atoms with Crippen LogP contribution in [0.4, 0.5) is 11.4 Å². The SMILES string of the molecule is CC(=O)Nc1ccc(NC(=O)CN[C@@H](C)c2cccc3ccccc23)cc1. The summed E-state index contributed by atoms with van der Waals surface area (Å²) in [6.07, 6.45) is 0. The molecule has 0 aliphatic rings. The number of nitrogens with one attached hydrogen (secondary N) is 3. The van der Waals surface area contributed by atoms with E-state index in [0.29, 0.717) is 11.4 Å². The number of anilines is 2. The van der Waals surface area contributed by atoms with Gasteiger partial charge in [0.1, 0.15) is 0 Å². The summed E-state index contributed by atoms with van der Waals surface area (Å²) in [7, 11) is 0. The highest BCUT2D eigenvalue weighted by atomic mass is 16.2. The van der Waals surface area contributed by atoms with Crippen LogP contribution in [0.2, 0.25) is 0 Å². The average Bonchev–Trinajstić information content (AvgIpc) is 2.67. The van der Waals surface area contributed by atoms with Gasteiger partial charge >= 0.3 is 0 Å². The summed E-state index contributed by atoms with van der Waals surface area (Å²) in [6.45, 7) is 3.72. The van der Waals surface area contributed by atoms with E-state index >= 15 is 0 Å². The molecular formula is C22H23N3O2. The van der Waals surface area contributed by atoms with Crippen molar-refractivity contribution < 1.29 is 9.59 Å². The highest BCUT2D eigenvalue weighted by molar-refractivity contribution is 5.93. The summed E-state index contributed by atoms with van der Waals surface area (Å²) in [5, 5.41) is 11.2. The lowest BCUT2D eigenvalue weighted by Crippen LogP contribution is -2.30. The molecule has 0 aliphatic carbocycles. The van der Waals surface area contributed by atoms with Gasteiger partial charge in [0.15, 0.2) is 0 Å². The summed E-state index contributed by atoms with van der Waals surface area (Å²) < 4.78 is 0. The zero-order valence-corrected chi connectivity index (χ0v) is 15.5. The smallest absolute Gasteiger partial charge is 0.238 e. The minimum atomic E-state index is -0.126. The van der Waals surface area contributed by atoms with Crippen molar-refractivity contribution in [2.75, 3.05) is 17.2 Å². The van der Waals surface area contributed by atoms with Crippen molar-refractivity contribution in [2.24, 2.45) is 0 Å². The van der Waals surface area contributed by atoms with Gasteiger partial charge in [0.2, 0.25) is 11.8 Å². The van der Waals surface area contributed by atoms with Crippen molar-refractivity contribution in [2.45, 2.75) is 19.9 Å². The lowest BCUT2D eigenvalue weighted by molar-refractivity contribution is -0.115. The Kier molecular flexibility index (Phi) is 5.84. The van der Waals surface area contributed by atoms with Crippen molar-refractivity contribution in [3.8, 4) is 0 Å². The maximum atomic E-state index is 12.2. The molecule has 0 saturated heterocycles. The molecule has 0 saturated carbocycles. The van der Waals surface area contributed by atoms with Crippen LogP contribution in [0.25, 0.3) is 10.8 Å². The Balaban J connectivity index is 1.57. The van der Waals surface area contributed by atoms with Crippen molar-refractivity contribution in [3.05, 3.63) is 72.3 Å². The molecule has 138 valence electrons. The summed E-state index contributed by atoms with van der Waals surface area (Å²) in [4.78, 5) is 23.3. The van der Waals surface area contributed by atoms with Crippen molar-refractivity contribution in [3.63, 3.8) is 0 Å². The molecule has 3 rings (SSSR count). The summed E-state index contributed by atoms with van der Waals surface area (Å²) in [5.74, 6) is -0.243. The Bertz CT molecular complexity index is 946. The van der Waals surface area contributed by atoms with Gasteiger partial charge in [0, 0.05) is 24.3 Å². The second-order valence-corrected chi connectivity index (χ2v) is 6.48. The van der Waals surface area contributed by atoms with E-state index in [1.54, 1.807) is 24.3 Å². The molecular weight excluding hydrogens is 338 g/mol. The minimum Gasteiger partial charge on any atom is -0.326 e. The van der Waals surface area contributed by atoms with Gasteiger partial charge in [-0.15, -0.1) is 0 Å². The fourth-order valence-corrected chi connectivity index (χ4v) is 3.03. The standard InChI is InChI=1S/C22H23N3O2/c1-15(20-9-5-7-17-6-3-4-8-21(17)20)23-14-22(27)25-19-12-10-18(11-13-19)24-16(2)26/h3-13,15,23H,14H2,1-2H3,(H,24,26)(H,25,27)/t15-/m0/s1. The number of hydrogen-bond donors (Lipinski definition) is 3. The van der Waals surface area contributed by atoms with E-state index in [2.05, 4.69) is 47.1 Å². The van der Waals surface area contributed by atoms with E-state index in [9.17, 15) is 9.59 Å². The first-order chi connectivity index (χ1) is 13.0. The molecule has 5 nitrogen and oxygen atoms in total. The third-order valence-electron chi connectivity index (χ3n) is 4.35. The van der Waals surface area contributed by atoms with Gasteiger partial charge in [-0.1, -0.05) is 42.5 Å². The predicted molar refractivity (Wildman–Crippen MR) is 110 cm³/mol. The normalized spacial score (nSPS) is 11.8. The largest absolute Gasteiger partial charge is 0.326 e. The summed E-state index contributed by atoms with van der Waals surface area (Å²) >= 11 is 0. The molecule has 3 aromatic rings. The Labute approximate surface area is 158 Å². The number of carbonyl (C=O) groups excluding carboxylic acids is 2. The zero-order chi connectivity index (χ0) is 19.2. The molecule has 0 fully saturated rings. The van der Waals surface area contributed by atoms with Crippen LogP contribution in [0.15, 0.2) is 66.7 Å². The van der Waals surface area contributed by atoms with Gasteiger partial charge in [-0.3, -0.25) is 9.59 Å². The lowest BCUT2D eigenvalue weighted by Gasteiger charge is -2.16. The van der Waals surface area contributed by atoms with Gasteiger partial charge in [0.05, 0.1) is 6.54 Å². The third kappa shape index (κ3) is 4.92. The summed E-state index contributed by atoms with van der Waals surface area (Å²) in [6, 6.07) is 21.5. The van der Waals surface area contributed by atoms with E-state index in [0.717, 1.165) is 0 Å². The Morgan fingerprint density at radius 2 is 1.48 bits per heavy atom. The van der Waals surface area contributed by atoms with Gasteiger partial charge in [0.25, 0.3) is 0 Å². The minimum absolute atomic E-state index is 0.0454. The van der Waals surface area contributed by atoms with Gasteiger partial charge in [-0.05, 0) is 47.5 Å². The first-order valence-corrected chi connectivity index (χ1v) is 8.91. The molecule has 0 spiro atoms. The van der Waals surface area contributed by atoms with Crippen molar-refractivity contribution in [1.82, 2.24) is 5.32 Å². The Morgan fingerprint density at radius 1 is 0.852 bits per heavy atom. The number of fused-ring (bicyclic) bond motifs is 1. The van der Waals surface area contributed by atoms with Gasteiger partial charge < -0.3 is 16.0 Å². The maximum absolute atomic E-state index is 12.2. The second-order valence-electron chi connectivity index (χ2n) is 6.48. The molecule has 3 aromatic carbocycles. The van der Waals surface area contributed by atoms with Crippen LogP contribution in [0.3, 0.4) is 0 Å². The van der Waals surface area contributed by atoms with Crippen LogP contribution in [-0.4, -0.2) is 18.4 Å². The van der Waals surface area contributed by atoms with Gasteiger partial charge in [-0.2, -0.15) is 0 Å². The third-order valence-corrected chi connectivity index (χ3v) is 4.35. The lowest BCUT2D eigenvalue weighted by atomic mass is 10.00. The van der Waals surface area contributed by atoms with E-state index in [-0.39, 0.29) is 24.4 Å². The second kappa shape index (κ2) is 8.47. The number of rotatable bonds is 6. The number of benzene rings is 3. The van der Waals surface area contributed by atoms with E-state index in [1.165, 1.54) is 23.3 Å². The Hall–Kier alpha value is -3.18. The quantitative estimate of drug-likeness (QED) is 0.619. The molecule has 2 amide bonds. The molecule has 27 heavy (non-hydrogen) atoms. The molecule has 0 heterocycles. The highest BCUT2D eigenvalue weighted by Gasteiger charge is 2.11. The topological polar surface area (TPSA) is 70.2 Å². The number of carbonyl (C=O) groups is 2. The Morgan fingerprint density at radius 3 is 2.19 bits per heavy atom. The summed E-state index contributed by atoms with van der Waals surface area (Å²) in [5.41, 5.74) is 2.55. The molecule has 0 bridgehead atoms. The molecule has 1 atom stereocenters. The molecule has 3 N–H and O–H groups in total. The fraction of sp³-hybridized carbons (Fsp3) is 0.182. The molecule has 0 aromatic heterocycles. The van der Waals surface area contributed by atoms with Crippen LogP contribution in [0.5, 0.6) is 0 Å². The first-order valence-electron chi connectivity index (χ1n) is 8.91. The van der Waals surface area contributed by atoms with Crippen LogP contribution >= 0.6 is 0 Å². The monoisotopic (exact) mass is 361 g/mol.